The molecule has 230 valence electrons. The summed E-state index contributed by atoms with van der Waals surface area (Å²) in [6, 6.07) is 18.2. The molecule has 5 heteroatoms. The first-order valence-corrected chi connectivity index (χ1v) is 15.7. The van der Waals surface area contributed by atoms with E-state index in [2.05, 4.69) is 50.9 Å². The number of nitrogens with zero attached hydrogens (tertiary/aromatic N) is 2. The van der Waals surface area contributed by atoms with Gasteiger partial charge >= 0.3 is 0 Å². The van der Waals surface area contributed by atoms with Gasteiger partial charge in [0.15, 0.2) is 0 Å². The third-order valence-corrected chi connectivity index (χ3v) is 6.82. The number of carbonyl (C=O) groups excluding carboxylic acids is 2. The van der Waals surface area contributed by atoms with Crippen LogP contribution in [0.1, 0.15) is 111 Å². The van der Waals surface area contributed by atoms with Crippen LogP contribution in [0.3, 0.4) is 0 Å². The third kappa shape index (κ3) is 16.7. The van der Waals surface area contributed by atoms with Crippen LogP contribution in [0, 0.1) is 29.1 Å². The Labute approximate surface area is 252 Å². The van der Waals surface area contributed by atoms with E-state index < -0.39 is 0 Å². The molecule has 2 atom stereocenters. The molecule has 0 spiro atoms. The highest BCUT2D eigenvalue weighted by atomic mass is 16.1. The maximum absolute atomic E-state index is 11.7. The van der Waals surface area contributed by atoms with Crippen LogP contribution in [0.2, 0.25) is 0 Å². The number of rotatable bonds is 8. The monoisotopic (exact) mass is 565 g/mol. The second-order valence-corrected chi connectivity index (χ2v) is 10.5. The van der Waals surface area contributed by atoms with Crippen LogP contribution in [0.25, 0.3) is 0 Å². The van der Waals surface area contributed by atoms with Crippen LogP contribution < -0.4 is 10.2 Å². The van der Waals surface area contributed by atoms with E-state index in [-0.39, 0.29) is 11.8 Å². The summed E-state index contributed by atoms with van der Waals surface area (Å²) in [6.07, 6.45) is 7.50. The van der Waals surface area contributed by atoms with Gasteiger partial charge in [0.1, 0.15) is 18.6 Å². The number of hydrogen-bond donors (Lipinski definition) is 1. The summed E-state index contributed by atoms with van der Waals surface area (Å²) >= 11 is 0. The molecule has 1 fully saturated rings. The van der Waals surface area contributed by atoms with Crippen molar-refractivity contribution in [3.05, 3.63) is 59.7 Å². The number of nitriles is 1. The maximum Gasteiger partial charge on any atom is 0.127 e. The zero-order chi connectivity index (χ0) is 31.6. The Morgan fingerprint density at radius 1 is 0.927 bits per heavy atom. The fourth-order valence-corrected chi connectivity index (χ4v) is 3.79. The largest absolute Gasteiger partial charge is 0.388 e. The Morgan fingerprint density at radius 3 is 1.83 bits per heavy atom. The first-order valence-electron chi connectivity index (χ1n) is 15.7. The van der Waals surface area contributed by atoms with Crippen LogP contribution in [-0.4, -0.2) is 32.7 Å². The van der Waals surface area contributed by atoms with Gasteiger partial charge in [0.2, 0.25) is 0 Å². The van der Waals surface area contributed by atoms with Gasteiger partial charge in [0.25, 0.3) is 0 Å². The van der Waals surface area contributed by atoms with Crippen LogP contribution in [-0.2, 0) is 9.59 Å². The van der Waals surface area contributed by atoms with Gasteiger partial charge in [-0.25, -0.2) is 0 Å². The molecule has 5 nitrogen and oxygen atoms in total. The predicted octanol–water partition coefficient (Wildman–Crippen LogP) is 9.53. The lowest BCUT2D eigenvalue weighted by molar-refractivity contribution is -0.111. The highest BCUT2D eigenvalue weighted by Crippen LogP contribution is 2.34. The summed E-state index contributed by atoms with van der Waals surface area (Å²) < 4.78 is 0. The summed E-state index contributed by atoms with van der Waals surface area (Å²) in [5.41, 5.74) is 3.73. The van der Waals surface area contributed by atoms with Crippen LogP contribution in [0.15, 0.2) is 48.5 Å². The van der Waals surface area contributed by atoms with Crippen molar-refractivity contribution < 1.29 is 9.59 Å². The fraction of sp³-hybridized carbons (Fsp3) is 0.583. The molecule has 0 aliphatic carbocycles. The van der Waals surface area contributed by atoms with Gasteiger partial charge in [-0.1, -0.05) is 105 Å². The van der Waals surface area contributed by atoms with Crippen molar-refractivity contribution in [2.45, 2.75) is 100 Å². The molecule has 0 bridgehead atoms. The summed E-state index contributed by atoms with van der Waals surface area (Å²) in [6.45, 7) is 20.5. The number of anilines is 2. The summed E-state index contributed by atoms with van der Waals surface area (Å²) in [4.78, 5) is 23.7. The van der Waals surface area contributed by atoms with Crippen LogP contribution in [0.5, 0.6) is 0 Å². The van der Waals surface area contributed by atoms with E-state index in [4.69, 9.17) is 0 Å². The van der Waals surface area contributed by atoms with Gasteiger partial charge in [-0.15, -0.1) is 0 Å². The number of nitrogens with one attached hydrogen (secondary N) is 1. The van der Waals surface area contributed by atoms with E-state index >= 15 is 0 Å². The van der Waals surface area contributed by atoms with Crippen LogP contribution >= 0.6 is 0 Å². The Morgan fingerprint density at radius 2 is 1.46 bits per heavy atom. The molecule has 1 saturated heterocycles. The number of hydrogen-bond acceptors (Lipinski definition) is 5. The zero-order valence-electron chi connectivity index (χ0n) is 27.7. The van der Waals surface area contributed by atoms with E-state index in [9.17, 15) is 14.9 Å². The normalized spacial score (nSPS) is 13.6. The standard InChI is InChI=1S/C21H23N3O.C5H10O.C5H12.C3H8.C2H6/c1-23-19-7-8-21(18(13-19)14-22)24-11-9-17(10-12-24)20(15-25)16-5-3-2-4-6-16;1-3-5(2)4-6;1-4-5(2)3;1-3-2;1-2/h2-8,13,15,17,20,23H,9-12H2,1H3;4-5H,3H2,1-2H3;5H,4H2,1-3H3;3H2,1-2H3;1-2H3. The molecule has 1 N–H and O–H groups in total. The molecular formula is C36H59N3O2. The zero-order valence-corrected chi connectivity index (χ0v) is 27.7. The molecule has 0 radical (unpaired) electrons. The number of carbonyl (C=O) groups is 2. The molecule has 2 unspecified atom stereocenters. The van der Waals surface area contributed by atoms with Crippen molar-refractivity contribution >= 4 is 23.9 Å². The van der Waals surface area contributed by atoms with Gasteiger partial charge in [0, 0.05) is 37.7 Å². The first-order chi connectivity index (χ1) is 19.8. The lowest BCUT2D eigenvalue weighted by Gasteiger charge is -2.36. The molecule has 0 saturated carbocycles. The SMILES string of the molecule is CC.CCC.CCC(C)C.CCC(C)C=O.CNc1ccc(N2CCC(C(C=O)c3ccccc3)CC2)c(C#N)c1. The van der Waals surface area contributed by atoms with Crippen molar-refractivity contribution in [2.75, 3.05) is 30.4 Å². The topological polar surface area (TPSA) is 73.2 Å². The number of piperidine rings is 1. The average molecular weight is 566 g/mol. The van der Waals surface area contributed by atoms with Crippen LogP contribution in [0.4, 0.5) is 11.4 Å². The Kier molecular flexibility index (Phi) is 25.2. The molecular weight excluding hydrogens is 506 g/mol. The fourth-order valence-electron chi connectivity index (χ4n) is 3.79. The lowest BCUT2D eigenvalue weighted by Crippen LogP contribution is -2.36. The van der Waals surface area contributed by atoms with E-state index in [1.807, 2.05) is 83.3 Å². The molecule has 1 aliphatic rings. The quantitative estimate of drug-likeness (QED) is 0.323. The summed E-state index contributed by atoms with van der Waals surface area (Å²) in [5, 5.41) is 12.5. The highest BCUT2D eigenvalue weighted by molar-refractivity contribution is 5.66. The average Bonchev–Trinajstić information content (AvgIpc) is 3.03. The summed E-state index contributed by atoms with van der Waals surface area (Å²) in [7, 11) is 1.85. The molecule has 1 aliphatic heterocycles. The van der Waals surface area contributed by atoms with E-state index in [1.54, 1.807) is 0 Å². The van der Waals surface area contributed by atoms with E-state index in [1.165, 1.54) is 12.8 Å². The van der Waals surface area contributed by atoms with Gasteiger partial charge in [-0.3, -0.25) is 0 Å². The van der Waals surface area contributed by atoms with Gasteiger partial charge in [-0.2, -0.15) is 5.26 Å². The highest BCUT2D eigenvalue weighted by Gasteiger charge is 2.28. The minimum atomic E-state index is -0.0366. The Bertz CT molecular complexity index is 945. The van der Waals surface area contributed by atoms with Crippen molar-refractivity contribution in [1.82, 2.24) is 0 Å². The van der Waals surface area contributed by atoms with Crippen molar-refractivity contribution in [2.24, 2.45) is 17.8 Å². The number of aldehydes is 2. The minimum absolute atomic E-state index is 0.0366. The predicted molar refractivity (Wildman–Crippen MR) is 179 cm³/mol. The summed E-state index contributed by atoms with van der Waals surface area (Å²) in [5.74, 6) is 1.46. The Hall–Kier alpha value is -3.13. The number of benzene rings is 2. The molecule has 41 heavy (non-hydrogen) atoms. The maximum atomic E-state index is 11.7. The molecule has 0 aromatic heterocycles. The third-order valence-electron chi connectivity index (χ3n) is 6.82. The van der Waals surface area contributed by atoms with Gasteiger partial charge in [-0.05, 0) is 54.9 Å². The molecule has 2 aromatic rings. The second-order valence-electron chi connectivity index (χ2n) is 10.5. The molecule has 3 rings (SSSR count). The molecule has 2 aromatic carbocycles. The smallest absolute Gasteiger partial charge is 0.127 e. The first kappa shape index (κ1) is 40.0. The minimum Gasteiger partial charge on any atom is -0.388 e. The Balaban J connectivity index is 0. The lowest BCUT2D eigenvalue weighted by atomic mass is 9.81. The molecule has 1 heterocycles. The van der Waals surface area contributed by atoms with Crippen molar-refractivity contribution in [3.8, 4) is 6.07 Å². The van der Waals surface area contributed by atoms with Crippen molar-refractivity contribution in [1.29, 1.82) is 5.26 Å². The van der Waals surface area contributed by atoms with E-state index in [0.29, 0.717) is 11.5 Å². The molecule has 0 amide bonds. The van der Waals surface area contributed by atoms with Crippen molar-refractivity contribution in [3.63, 3.8) is 0 Å². The van der Waals surface area contributed by atoms with E-state index in [0.717, 1.165) is 67.8 Å². The van der Waals surface area contributed by atoms with Gasteiger partial charge < -0.3 is 19.8 Å². The van der Waals surface area contributed by atoms with Gasteiger partial charge in [0.05, 0.1) is 11.3 Å². The second kappa shape index (κ2) is 25.8.